The van der Waals surface area contributed by atoms with Gasteiger partial charge in [-0.1, -0.05) is 12.1 Å². The summed E-state index contributed by atoms with van der Waals surface area (Å²) in [5.41, 5.74) is 2.74. The molecular formula is C18H26IN5OS. The molecule has 0 aliphatic carbocycles. The highest BCUT2D eigenvalue weighted by atomic mass is 127. The van der Waals surface area contributed by atoms with Crippen molar-refractivity contribution in [3.8, 4) is 0 Å². The minimum absolute atomic E-state index is 0. The number of carbonyl (C=O) groups excluding carboxylic acids is 1. The summed E-state index contributed by atoms with van der Waals surface area (Å²) in [7, 11) is 1.63. The van der Waals surface area contributed by atoms with Gasteiger partial charge in [-0.15, -0.1) is 35.3 Å². The standard InChI is InChI=1S/C18H25N5OS.HI/c1-4-20-18(21-9-8-16-12-25-13(2)23-16)22-11-14-6-5-7-15(10-14)17(24)19-3;/h5-7,10,12H,4,8-9,11H2,1-3H3,(H,19,24)(H2,20,21,22);1H. The highest BCUT2D eigenvalue weighted by Gasteiger charge is 2.04. The van der Waals surface area contributed by atoms with Crippen LogP contribution in [-0.4, -0.2) is 37.0 Å². The third kappa shape index (κ3) is 7.28. The third-order valence-electron chi connectivity index (χ3n) is 3.52. The number of aryl methyl sites for hydroxylation is 1. The van der Waals surface area contributed by atoms with Gasteiger partial charge in [0.05, 0.1) is 17.2 Å². The molecule has 0 saturated carbocycles. The van der Waals surface area contributed by atoms with Crippen molar-refractivity contribution in [2.45, 2.75) is 26.8 Å². The van der Waals surface area contributed by atoms with E-state index in [0.29, 0.717) is 12.1 Å². The molecule has 0 bridgehead atoms. The molecule has 6 nitrogen and oxygen atoms in total. The summed E-state index contributed by atoms with van der Waals surface area (Å²) in [5.74, 6) is 0.675. The van der Waals surface area contributed by atoms with Gasteiger partial charge in [0.1, 0.15) is 0 Å². The first-order valence-electron chi connectivity index (χ1n) is 8.36. The predicted octanol–water partition coefficient (Wildman–Crippen LogP) is 2.73. The van der Waals surface area contributed by atoms with Gasteiger partial charge >= 0.3 is 0 Å². The third-order valence-corrected chi connectivity index (χ3v) is 4.34. The van der Waals surface area contributed by atoms with Gasteiger partial charge in [-0.2, -0.15) is 0 Å². The summed E-state index contributed by atoms with van der Waals surface area (Å²) in [6.07, 6.45) is 0.862. The van der Waals surface area contributed by atoms with Crippen LogP contribution in [-0.2, 0) is 13.0 Å². The van der Waals surface area contributed by atoms with E-state index in [-0.39, 0.29) is 29.9 Å². The fourth-order valence-electron chi connectivity index (χ4n) is 2.30. The Balaban J connectivity index is 0.00000338. The quantitative estimate of drug-likeness (QED) is 0.319. The van der Waals surface area contributed by atoms with Gasteiger partial charge in [-0.25, -0.2) is 9.98 Å². The van der Waals surface area contributed by atoms with E-state index in [4.69, 9.17) is 0 Å². The molecule has 0 radical (unpaired) electrons. The Labute approximate surface area is 175 Å². The van der Waals surface area contributed by atoms with Gasteiger partial charge in [-0.3, -0.25) is 4.79 Å². The second kappa shape index (κ2) is 11.8. The Morgan fingerprint density at radius 2 is 2.12 bits per heavy atom. The molecule has 1 heterocycles. The van der Waals surface area contributed by atoms with E-state index < -0.39 is 0 Å². The summed E-state index contributed by atoms with van der Waals surface area (Å²) in [5, 5.41) is 12.4. The number of nitrogens with zero attached hydrogens (tertiary/aromatic N) is 2. The molecule has 0 atom stereocenters. The molecule has 0 unspecified atom stereocenters. The number of hydrogen-bond acceptors (Lipinski definition) is 4. The Hall–Kier alpha value is -1.68. The Kier molecular flexibility index (Phi) is 10.2. The lowest BCUT2D eigenvalue weighted by molar-refractivity contribution is 0.0963. The van der Waals surface area contributed by atoms with Crippen LogP contribution in [0.25, 0.3) is 0 Å². The van der Waals surface area contributed by atoms with Crippen molar-refractivity contribution < 1.29 is 4.79 Å². The van der Waals surface area contributed by atoms with Crippen LogP contribution < -0.4 is 16.0 Å². The normalized spacial score (nSPS) is 10.8. The number of benzene rings is 1. The zero-order valence-electron chi connectivity index (χ0n) is 15.3. The van der Waals surface area contributed by atoms with Crippen molar-refractivity contribution >= 4 is 47.2 Å². The number of carbonyl (C=O) groups is 1. The van der Waals surface area contributed by atoms with Crippen LogP contribution in [0.5, 0.6) is 0 Å². The first-order chi connectivity index (χ1) is 12.1. The number of nitrogens with one attached hydrogen (secondary N) is 3. The molecule has 0 aliphatic rings. The molecule has 1 aromatic carbocycles. The SMILES string of the molecule is CCNC(=NCc1cccc(C(=O)NC)c1)NCCc1csc(C)n1.I. The van der Waals surface area contributed by atoms with Gasteiger partial charge in [0, 0.05) is 37.5 Å². The Bertz CT molecular complexity index is 732. The highest BCUT2D eigenvalue weighted by molar-refractivity contribution is 14.0. The van der Waals surface area contributed by atoms with E-state index in [1.54, 1.807) is 24.5 Å². The second-order valence-electron chi connectivity index (χ2n) is 5.51. The maximum absolute atomic E-state index is 11.7. The lowest BCUT2D eigenvalue weighted by Crippen LogP contribution is -2.38. The maximum Gasteiger partial charge on any atom is 0.251 e. The van der Waals surface area contributed by atoms with Gasteiger partial charge in [0.15, 0.2) is 5.96 Å². The number of aliphatic imine (C=N–C) groups is 1. The van der Waals surface area contributed by atoms with Crippen molar-refractivity contribution in [2.24, 2.45) is 4.99 Å². The zero-order valence-corrected chi connectivity index (χ0v) is 18.5. The van der Waals surface area contributed by atoms with E-state index in [1.165, 1.54) is 0 Å². The van der Waals surface area contributed by atoms with Crippen LogP contribution in [0, 0.1) is 6.92 Å². The van der Waals surface area contributed by atoms with E-state index >= 15 is 0 Å². The van der Waals surface area contributed by atoms with E-state index in [1.807, 2.05) is 32.0 Å². The monoisotopic (exact) mass is 487 g/mol. The van der Waals surface area contributed by atoms with Crippen molar-refractivity contribution in [1.29, 1.82) is 0 Å². The predicted molar refractivity (Wildman–Crippen MR) is 119 cm³/mol. The number of hydrogen-bond donors (Lipinski definition) is 3. The van der Waals surface area contributed by atoms with Gasteiger partial charge < -0.3 is 16.0 Å². The van der Waals surface area contributed by atoms with Crippen LogP contribution in [0.3, 0.4) is 0 Å². The molecule has 8 heteroatoms. The topological polar surface area (TPSA) is 78.4 Å². The number of thiazole rings is 1. The van der Waals surface area contributed by atoms with Crippen molar-refractivity contribution in [3.63, 3.8) is 0 Å². The van der Waals surface area contributed by atoms with Crippen LogP contribution in [0.2, 0.25) is 0 Å². The fraction of sp³-hybridized carbons (Fsp3) is 0.389. The van der Waals surface area contributed by atoms with Crippen molar-refractivity contribution in [2.75, 3.05) is 20.1 Å². The van der Waals surface area contributed by atoms with Gasteiger partial charge in [0.2, 0.25) is 0 Å². The number of amides is 1. The zero-order chi connectivity index (χ0) is 18.1. The number of aromatic nitrogens is 1. The lowest BCUT2D eigenvalue weighted by atomic mass is 10.1. The Morgan fingerprint density at radius 1 is 1.31 bits per heavy atom. The van der Waals surface area contributed by atoms with Gasteiger partial charge in [-0.05, 0) is 31.5 Å². The molecule has 0 fully saturated rings. The van der Waals surface area contributed by atoms with Crippen molar-refractivity contribution in [1.82, 2.24) is 20.9 Å². The fourth-order valence-corrected chi connectivity index (χ4v) is 2.95. The summed E-state index contributed by atoms with van der Waals surface area (Å²) in [6.45, 7) is 6.12. The minimum atomic E-state index is -0.0885. The van der Waals surface area contributed by atoms with Crippen LogP contribution in [0.4, 0.5) is 0 Å². The smallest absolute Gasteiger partial charge is 0.251 e. The molecule has 0 aliphatic heterocycles. The average molecular weight is 487 g/mol. The number of rotatable bonds is 7. The molecule has 1 amide bonds. The Morgan fingerprint density at radius 3 is 2.77 bits per heavy atom. The molecule has 0 spiro atoms. The van der Waals surface area contributed by atoms with Gasteiger partial charge in [0.25, 0.3) is 5.91 Å². The van der Waals surface area contributed by atoms with Crippen LogP contribution >= 0.6 is 35.3 Å². The molecule has 0 saturated heterocycles. The molecule has 1 aromatic heterocycles. The number of guanidine groups is 1. The molecular weight excluding hydrogens is 461 g/mol. The van der Waals surface area contributed by atoms with Crippen LogP contribution in [0.15, 0.2) is 34.6 Å². The van der Waals surface area contributed by atoms with E-state index in [2.05, 4.69) is 31.3 Å². The first kappa shape index (κ1) is 22.4. The first-order valence-corrected chi connectivity index (χ1v) is 9.24. The minimum Gasteiger partial charge on any atom is -0.357 e. The number of halogens is 1. The average Bonchev–Trinajstić information content (AvgIpc) is 3.04. The van der Waals surface area contributed by atoms with E-state index in [0.717, 1.165) is 41.7 Å². The maximum atomic E-state index is 11.7. The van der Waals surface area contributed by atoms with E-state index in [9.17, 15) is 4.79 Å². The summed E-state index contributed by atoms with van der Waals surface area (Å²) in [6, 6.07) is 7.51. The second-order valence-corrected chi connectivity index (χ2v) is 6.57. The van der Waals surface area contributed by atoms with Crippen LogP contribution in [0.1, 0.15) is 33.5 Å². The highest BCUT2D eigenvalue weighted by Crippen LogP contribution is 2.08. The largest absolute Gasteiger partial charge is 0.357 e. The molecule has 142 valence electrons. The molecule has 26 heavy (non-hydrogen) atoms. The summed E-state index contributed by atoms with van der Waals surface area (Å²) >= 11 is 1.67. The van der Waals surface area contributed by atoms with Crippen molar-refractivity contribution in [3.05, 3.63) is 51.5 Å². The summed E-state index contributed by atoms with van der Waals surface area (Å²) < 4.78 is 0. The molecule has 3 N–H and O–H groups in total. The molecule has 2 aromatic rings. The molecule has 2 rings (SSSR count). The lowest BCUT2D eigenvalue weighted by Gasteiger charge is -2.11. The summed E-state index contributed by atoms with van der Waals surface area (Å²) in [4.78, 5) is 20.8.